The highest BCUT2D eigenvalue weighted by Crippen LogP contribution is 2.29. The van der Waals surface area contributed by atoms with Gasteiger partial charge in [0.15, 0.2) is 11.5 Å². The molecule has 7 nitrogen and oxygen atoms in total. The number of fused-ring (bicyclic) bond motifs is 1. The van der Waals surface area contributed by atoms with E-state index >= 15 is 0 Å². The van der Waals surface area contributed by atoms with Gasteiger partial charge in [-0.2, -0.15) is 21.4 Å². The summed E-state index contributed by atoms with van der Waals surface area (Å²) < 4.78 is 7.41. The lowest BCUT2D eigenvalue weighted by molar-refractivity contribution is -0.131. The fraction of sp³-hybridized carbons (Fsp3) is 0.273. The summed E-state index contributed by atoms with van der Waals surface area (Å²) in [5, 5.41) is 12.8. The third-order valence-electron chi connectivity index (χ3n) is 5.41. The zero-order chi connectivity index (χ0) is 20.5. The monoisotopic (exact) mass is 419 g/mol. The maximum absolute atomic E-state index is 12.8. The largest absolute Gasteiger partial charge is 0.338 e. The summed E-state index contributed by atoms with van der Waals surface area (Å²) in [4.78, 5) is 19.3. The molecule has 4 heterocycles. The van der Waals surface area contributed by atoms with Crippen LogP contribution in [0.25, 0.3) is 11.6 Å². The quantitative estimate of drug-likeness (QED) is 0.496. The van der Waals surface area contributed by atoms with Gasteiger partial charge in [0.25, 0.3) is 5.89 Å². The molecule has 1 aliphatic rings. The smallest absolute Gasteiger partial charge is 0.278 e. The van der Waals surface area contributed by atoms with E-state index in [9.17, 15) is 4.79 Å². The maximum Gasteiger partial charge on any atom is 0.278 e. The number of amides is 1. The lowest BCUT2D eigenvalue weighted by Gasteiger charge is -2.27. The van der Waals surface area contributed by atoms with Crippen molar-refractivity contribution >= 4 is 17.2 Å². The Kier molecular flexibility index (Phi) is 4.92. The third kappa shape index (κ3) is 3.66. The number of aromatic nitrogens is 4. The number of rotatable bonds is 5. The van der Waals surface area contributed by atoms with Gasteiger partial charge in [-0.1, -0.05) is 35.5 Å². The second-order valence-electron chi connectivity index (χ2n) is 7.45. The van der Waals surface area contributed by atoms with Crippen molar-refractivity contribution in [2.45, 2.75) is 25.8 Å². The summed E-state index contributed by atoms with van der Waals surface area (Å²) in [6.07, 6.45) is 1.79. The Morgan fingerprint density at radius 2 is 2.07 bits per heavy atom. The van der Waals surface area contributed by atoms with Gasteiger partial charge in [0.2, 0.25) is 5.91 Å². The lowest BCUT2D eigenvalue weighted by atomic mass is 10.0. The zero-order valence-electron chi connectivity index (χ0n) is 16.6. The summed E-state index contributed by atoms with van der Waals surface area (Å²) in [5.41, 5.74) is 4.97. The summed E-state index contributed by atoms with van der Waals surface area (Å²) in [5.74, 6) is 1.16. The minimum Gasteiger partial charge on any atom is -0.338 e. The van der Waals surface area contributed by atoms with Gasteiger partial charge in [-0.15, -0.1) is 0 Å². The Morgan fingerprint density at radius 1 is 1.20 bits per heavy atom. The molecule has 0 unspecified atom stereocenters. The van der Waals surface area contributed by atoms with E-state index < -0.39 is 0 Å². The van der Waals surface area contributed by atoms with Crippen LogP contribution >= 0.6 is 11.3 Å². The van der Waals surface area contributed by atoms with E-state index in [1.54, 1.807) is 11.3 Å². The molecule has 1 aromatic carbocycles. The Hall–Kier alpha value is -3.26. The predicted molar refractivity (Wildman–Crippen MR) is 113 cm³/mol. The van der Waals surface area contributed by atoms with Gasteiger partial charge in [-0.25, -0.2) is 0 Å². The van der Waals surface area contributed by atoms with Crippen molar-refractivity contribution < 1.29 is 9.32 Å². The molecule has 0 fully saturated rings. The Morgan fingerprint density at radius 3 is 2.87 bits per heavy atom. The fourth-order valence-electron chi connectivity index (χ4n) is 3.86. The molecule has 5 rings (SSSR count). The van der Waals surface area contributed by atoms with Crippen LogP contribution in [-0.4, -0.2) is 37.3 Å². The number of benzene rings is 1. The van der Waals surface area contributed by atoms with E-state index in [0.29, 0.717) is 43.3 Å². The zero-order valence-corrected chi connectivity index (χ0v) is 17.4. The molecule has 152 valence electrons. The first-order valence-electron chi connectivity index (χ1n) is 9.88. The number of aryl methyl sites for hydroxylation is 1. The molecular weight excluding hydrogens is 398 g/mol. The summed E-state index contributed by atoms with van der Waals surface area (Å²) in [6.45, 7) is 1.20. The Bertz CT molecular complexity index is 1160. The van der Waals surface area contributed by atoms with E-state index in [2.05, 4.69) is 15.2 Å². The minimum atomic E-state index is 0.129. The van der Waals surface area contributed by atoms with Crippen LogP contribution in [0.3, 0.4) is 0 Å². The third-order valence-corrected chi connectivity index (χ3v) is 6.14. The summed E-state index contributed by atoms with van der Waals surface area (Å²) >= 11 is 1.61. The minimum absolute atomic E-state index is 0.129. The van der Waals surface area contributed by atoms with Crippen molar-refractivity contribution in [3.05, 3.63) is 75.4 Å². The number of carbonyl (C=O) groups is 1. The standard InChI is InChI=1S/C22H21N5O2S/c1-26-18-7-9-27(20(28)12-16-8-10-30-14-16)13-17(18)21(24-26)22-23-19(25-29-22)11-15-5-3-2-4-6-15/h2-6,8,10,14H,7,9,11-13H2,1H3. The molecule has 3 aromatic heterocycles. The second-order valence-corrected chi connectivity index (χ2v) is 8.23. The van der Waals surface area contributed by atoms with Gasteiger partial charge in [0, 0.05) is 44.2 Å². The van der Waals surface area contributed by atoms with Gasteiger partial charge >= 0.3 is 0 Å². The van der Waals surface area contributed by atoms with Crippen LogP contribution in [0.4, 0.5) is 0 Å². The molecule has 0 bridgehead atoms. The highest BCUT2D eigenvalue weighted by Gasteiger charge is 2.29. The van der Waals surface area contributed by atoms with Crippen molar-refractivity contribution in [1.29, 1.82) is 0 Å². The van der Waals surface area contributed by atoms with E-state index in [1.807, 2.05) is 63.8 Å². The van der Waals surface area contributed by atoms with Crippen LogP contribution in [0.2, 0.25) is 0 Å². The molecule has 0 aliphatic carbocycles. The second kappa shape index (κ2) is 7.87. The summed E-state index contributed by atoms with van der Waals surface area (Å²) in [6, 6.07) is 12.0. The van der Waals surface area contributed by atoms with Gasteiger partial charge < -0.3 is 9.42 Å². The van der Waals surface area contributed by atoms with Gasteiger partial charge in [-0.3, -0.25) is 9.48 Å². The molecule has 4 aromatic rings. The summed E-state index contributed by atoms with van der Waals surface area (Å²) in [7, 11) is 1.92. The number of hydrogen-bond acceptors (Lipinski definition) is 6. The van der Waals surface area contributed by atoms with Crippen LogP contribution < -0.4 is 0 Å². The first-order valence-corrected chi connectivity index (χ1v) is 10.8. The van der Waals surface area contributed by atoms with E-state index in [-0.39, 0.29) is 5.91 Å². The highest BCUT2D eigenvalue weighted by atomic mass is 32.1. The molecule has 1 aliphatic heterocycles. The Balaban J connectivity index is 1.37. The topological polar surface area (TPSA) is 77.1 Å². The molecule has 0 saturated heterocycles. The van der Waals surface area contributed by atoms with Crippen LogP contribution in [0, 0.1) is 0 Å². The van der Waals surface area contributed by atoms with E-state index in [1.165, 1.54) is 0 Å². The van der Waals surface area contributed by atoms with Crippen molar-refractivity contribution in [3.63, 3.8) is 0 Å². The molecule has 0 N–H and O–H groups in total. The van der Waals surface area contributed by atoms with Gasteiger partial charge in [0.1, 0.15) is 0 Å². The predicted octanol–water partition coefficient (Wildman–Crippen LogP) is 3.25. The Labute approximate surface area is 178 Å². The first kappa shape index (κ1) is 18.7. The molecule has 8 heteroatoms. The fourth-order valence-corrected chi connectivity index (χ4v) is 4.53. The van der Waals surface area contributed by atoms with Crippen molar-refractivity contribution in [1.82, 2.24) is 24.8 Å². The molecule has 0 atom stereocenters. The van der Waals surface area contributed by atoms with E-state index in [0.717, 1.165) is 28.8 Å². The maximum atomic E-state index is 12.8. The average molecular weight is 420 g/mol. The van der Waals surface area contributed by atoms with Crippen LogP contribution in [0.1, 0.15) is 28.2 Å². The molecule has 0 radical (unpaired) electrons. The lowest BCUT2D eigenvalue weighted by Crippen LogP contribution is -2.37. The van der Waals surface area contributed by atoms with Gasteiger partial charge in [0.05, 0.1) is 6.42 Å². The molecule has 30 heavy (non-hydrogen) atoms. The highest BCUT2D eigenvalue weighted by molar-refractivity contribution is 7.08. The number of carbonyl (C=O) groups excluding carboxylic acids is 1. The molecule has 0 saturated carbocycles. The van der Waals surface area contributed by atoms with Crippen LogP contribution in [0.5, 0.6) is 0 Å². The van der Waals surface area contributed by atoms with Crippen molar-refractivity contribution in [3.8, 4) is 11.6 Å². The normalized spacial score (nSPS) is 13.4. The van der Waals surface area contributed by atoms with E-state index in [4.69, 9.17) is 4.52 Å². The van der Waals surface area contributed by atoms with Crippen LogP contribution in [0.15, 0.2) is 51.7 Å². The number of hydrogen-bond donors (Lipinski definition) is 0. The molecule has 1 amide bonds. The number of thiophene rings is 1. The molecular formula is C22H21N5O2S. The first-order chi connectivity index (χ1) is 14.7. The molecule has 0 spiro atoms. The van der Waals surface area contributed by atoms with Crippen molar-refractivity contribution in [2.24, 2.45) is 7.05 Å². The SMILES string of the molecule is Cn1nc(-c2nc(Cc3ccccc3)no2)c2c1CCN(C(=O)Cc1ccsc1)C2. The van der Waals surface area contributed by atoms with Crippen molar-refractivity contribution in [2.75, 3.05) is 6.54 Å². The number of nitrogens with zero attached hydrogens (tertiary/aromatic N) is 5. The van der Waals surface area contributed by atoms with Gasteiger partial charge in [-0.05, 0) is 28.0 Å². The average Bonchev–Trinajstić information content (AvgIpc) is 3.50. The van der Waals surface area contributed by atoms with Crippen LogP contribution in [-0.2, 0) is 37.6 Å².